The molecule has 90 valence electrons. The van der Waals surface area contributed by atoms with Crippen molar-refractivity contribution in [1.29, 1.82) is 0 Å². The van der Waals surface area contributed by atoms with Crippen LogP contribution < -0.4 is 11.1 Å². The summed E-state index contributed by atoms with van der Waals surface area (Å²) >= 11 is 3.40. The van der Waals surface area contributed by atoms with Crippen LogP contribution in [0.2, 0.25) is 0 Å². The van der Waals surface area contributed by atoms with Gasteiger partial charge in [-0.3, -0.25) is 0 Å². The van der Waals surface area contributed by atoms with Gasteiger partial charge in [-0.15, -0.1) is 0 Å². The van der Waals surface area contributed by atoms with Crippen molar-refractivity contribution in [1.82, 2.24) is 10.3 Å². The third-order valence-electron chi connectivity index (χ3n) is 2.55. The van der Waals surface area contributed by atoms with Gasteiger partial charge in [0, 0.05) is 34.2 Å². The molecule has 0 radical (unpaired) electrons. The number of carbonyl (C=O) groups is 1. The molecule has 0 aliphatic heterocycles. The Morgan fingerprint density at radius 3 is 3.06 bits per heavy atom. The highest BCUT2D eigenvalue weighted by Gasteiger charge is 2.12. The molecule has 17 heavy (non-hydrogen) atoms. The molecule has 0 fully saturated rings. The molecule has 2 rings (SSSR count). The summed E-state index contributed by atoms with van der Waals surface area (Å²) in [5.74, 6) is 0. The molecule has 1 atom stereocenters. The second-order valence-electron chi connectivity index (χ2n) is 3.73. The van der Waals surface area contributed by atoms with Gasteiger partial charge in [0.25, 0.3) is 0 Å². The van der Waals surface area contributed by atoms with Crippen molar-refractivity contribution in [3.63, 3.8) is 0 Å². The number of halogens is 1. The minimum Gasteiger partial charge on any atom is -0.465 e. The second-order valence-corrected chi connectivity index (χ2v) is 4.64. The lowest BCUT2D eigenvalue weighted by Crippen LogP contribution is -2.30. The molecule has 5 nitrogen and oxygen atoms in total. The molecule has 1 amide bonds. The van der Waals surface area contributed by atoms with Crippen molar-refractivity contribution in [3.8, 4) is 0 Å². The maximum atomic E-state index is 10.4. The minimum absolute atomic E-state index is 0.189. The fraction of sp³-hybridized carbons (Fsp3) is 0.182. The maximum absolute atomic E-state index is 10.4. The number of aromatic nitrogens is 1. The zero-order chi connectivity index (χ0) is 12.4. The third-order valence-corrected chi connectivity index (χ3v) is 3.04. The number of rotatable bonds is 3. The lowest BCUT2D eigenvalue weighted by Gasteiger charge is -2.10. The number of hydrogen-bond acceptors (Lipinski definition) is 2. The molecular weight excluding hydrogens is 286 g/mol. The van der Waals surface area contributed by atoms with E-state index in [1.54, 1.807) is 0 Å². The highest BCUT2D eigenvalue weighted by Crippen LogP contribution is 2.25. The van der Waals surface area contributed by atoms with Crippen LogP contribution in [-0.2, 0) is 0 Å². The molecular formula is C11H12BrN3O2. The highest BCUT2D eigenvalue weighted by molar-refractivity contribution is 9.10. The first-order valence-electron chi connectivity index (χ1n) is 5.07. The summed E-state index contributed by atoms with van der Waals surface area (Å²) in [5.41, 5.74) is 7.82. The van der Waals surface area contributed by atoms with Gasteiger partial charge in [0.05, 0.1) is 0 Å². The second kappa shape index (κ2) is 4.77. The molecule has 2 aromatic rings. The number of aromatic amines is 1. The molecule has 6 heteroatoms. The standard InChI is InChI=1S/C11H12BrN3O2/c12-6-1-2-10-7(3-6)8(4-14-10)9(13)5-15-11(16)17/h1-4,9,14-15H,5,13H2,(H,16,17). The van der Waals surface area contributed by atoms with Crippen LogP contribution in [0, 0.1) is 0 Å². The average Bonchev–Trinajstić information content (AvgIpc) is 2.68. The van der Waals surface area contributed by atoms with Crippen LogP contribution in [0.25, 0.3) is 10.9 Å². The van der Waals surface area contributed by atoms with Crippen LogP contribution in [0.5, 0.6) is 0 Å². The third kappa shape index (κ3) is 2.59. The number of nitrogens with two attached hydrogens (primary N) is 1. The molecule has 5 N–H and O–H groups in total. The highest BCUT2D eigenvalue weighted by atomic mass is 79.9. The van der Waals surface area contributed by atoms with E-state index in [0.717, 1.165) is 20.9 Å². The van der Waals surface area contributed by atoms with Gasteiger partial charge in [-0.25, -0.2) is 4.79 Å². The summed E-state index contributed by atoms with van der Waals surface area (Å²) in [5, 5.41) is 11.8. The topological polar surface area (TPSA) is 91.1 Å². The number of H-pyrrole nitrogens is 1. The molecule has 0 saturated heterocycles. The maximum Gasteiger partial charge on any atom is 0.404 e. The fourth-order valence-electron chi connectivity index (χ4n) is 1.73. The van der Waals surface area contributed by atoms with Crippen molar-refractivity contribution in [2.45, 2.75) is 6.04 Å². The van der Waals surface area contributed by atoms with Crippen molar-refractivity contribution >= 4 is 32.9 Å². The van der Waals surface area contributed by atoms with Crippen LogP contribution >= 0.6 is 15.9 Å². The Kier molecular flexibility index (Phi) is 3.35. The monoisotopic (exact) mass is 297 g/mol. The molecule has 1 heterocycles. The van der Waals surface area contributed by atoms with Crippen molar-refractivity contribution in [2.75, 3.05) is 6.54 Å². The Morgan fingerprint density at radius 1 is 1.59 bits per heavy atom. The number of fused-ring (bicyclic) bond motifs is 1. The predicted octanol–water partition coefficient (Wildman–Crippen LogP) is 2.20. The van der Waals surface area contributed by atoms with Crippen molar-refractivity contribution in [2.24, 2.45) is 5.73 Å². The molecule has 0 aliphatic carbocycles. The van der Waals surface area contributed by atoms with Crippen LogP contribution in [0.3, 0.4) is 0 Å². The largest absolute Gasteiger partial charge is 0.465 e. The Bertz CT molecular complexity index is 553. The zero-order valence-electron chi connectivity index (χ0n) is 8.90. The van der Waals surface area contributed by atoms with Crippen LogP contribution in [0.1, 0.15) is 11.6 Å². The Labute approximate surface area is 106 Å². The first-order valence-corrected chi connectivity index (χ1v) is 5.86. The molecule has 1 aromatic carbocycles. The lowest BCUT2D eigenvalue weighted by molar-refractivity contribution is 0.193. The molecule has 0 bridgehead atoms. The van der Waals surface area contributed by atoms with Crippen LogP contribution in [-0.4, -0.2) is 22.7 Å². The summed E-state index contributed by atoms with van der Waals surface area (Å²) < 4.78 is 0.962. The van der Waals surface area contributed by atoms with E-state index in [-0.39, 0.29) is 12.6 Å². The number of carboxylic acid groups (broad SMARTS) is 1. The summed E-state index contributed by atoms with van der Waals surface area (Å²) in [6.07, 6.45) is 0.743. The zero-order valence-corrected chi connectivity index (χ0v) is 10.5. The van der Waals surface area contributed by atoms with Crippen LogP contribution in [0.4, 0.5) is 4.79 Å². The predicted molar refractivity (Wildman–Crippen MR) is 69.0 cm³/mol. The van der Waals surface area contributed by atoms with Gasteiger partial charge in [0.1, 0.15) is 0 Å². The van der Waals surface area contributed by atoms with Gasteiger partial charge in [-0.1, -0.05) is 15.9 Å². The van der Waals surface area contributed by atoms with E-state index in [2.05, 4.69) is 26.2 Å². The van der Waals surface area contributed by atoms with Gasteiger partial charge in [-0.2, -0.15) is 0 Å². The summed E-state index contributed by atoms with van der Waals surface area (Å²) in [7, 11) is 0. The Morgan fingerprint density at radius 2 is 2.35 bits per heavy atom. The number of amides is 1. The molecule has 0 spiro atoms. The Balaban J connectivity index is 2.28. The molecule has 1 unspecified atom stereocenters. The van der Waals surface area contributed by atoms with E-state index < -0.39 is 6.09 Å². The van der Waals surface area contributed by atoms with Gasteiger partial charge >= 0.3 is 6.09 Å². The van der Waals surface area contributed by atoms with Gasteiger partial charge in [0.2, 0.25) is 0 Å². The quantitative estimate of drug-likeness (QED) is 0.700. The molecule has 0 aliphatic rings. The molecule has 1 aromatic heterocycles. The summed E-state index contributed by atoms with van der Waals surface area (Å²) in [6, 6.07) is 5.47. The number of benzene rings is 1. The van der Waals surface area contributed by atoms with Crippen LogP contribution in [0.15, 0.2) is 28.9 Å². The minimum atomic E-state index is -1.07. The smallest absolute Gasteiger partial charge is 0.404 e. The van der Waals surface area contributed by atoms with E-state index in [1.165, 1.54) is 0 Å². The summed E-state index contributed by atoms with van der Waals surface area (Å²) in [4.78, 5) is 13.5. The molecule has 0 saturated carbocycles. The van der Waals surface area contributed by atoms with Gasteiger partial charge < -0.3 is 21.1 Å². The first kappa shape index (κ1) is 11.9. The number of nitrogens with one attached hydrogen (secondary N) is 2. The van der Waals surface area contributed by atoms with E-state index >= 15 is 0 Å². The van der Waals surface area contributed by atoms with Gasteiger partial charge in [-0.05, 0) is 23.8 Å². The Hall–Kier alpha value is -1.53. The fourth-order valence-corrected chi connectivity index (χ4v) is 2.09. The van der Waals surface area contributed by atoms with Crippen molar-refractivity contribution in [3.05, 3.63) is 34.4 Å². The van der Waals surface area contributed by atoms with E-state index in [9.17, 15) is 4.79 Å². The van der Waals surface area contributed by atoms with Gasteiger partial charge in [0.15, 0.2) is 0 Å². The van der Waals surface area contributed by atoms with Crippen molar-refractivity contribution < 1.29 is 9.90 Å². The van der Waals surface area contributed by atoms with E-state index in [4.69, 9.17) is 10.8 Å². The first-order chi connectivity index (χ1) is 8.08. The normalized spacial score (nSPS) is 12.6. The lowest BCUT2D eigenvalue weighted by atomic mass is 10.1. The number of hydrogen-bond donors (Lipinski definition) is 4. The SMILES string of the molecule is NC(CNC(=O)O)c1c[nH]c2ccc(Br)cc12. The average molecular weight is 298 g/mol. The van der Waals surface area contributed by atoms with E-state index in [1.807, 2.05) is 24.4 Å². The van der Waals surface area contributed by atoms with E-state index in [0.29, 0.717) is 0 Å². The summed E-state index contributed by atoms with van der Waals surface area (Å²) in [6.45, 7) is 0.189.